The first-order chi connectivity index (χ1) is 6.45. The molecule has 0 radical (unpaired) electrons. The molecular weight excluding hydrogens is 495 g/mol. The second-order valence-corrected chi connectivity index (χ2v) is 5.49. The molecule has 0 unspecified atom stereocenters. The molecule has 0 aromatic carbocycles. The van der Waals surface area contributed by atoms with Gasteiger partial charge in [-0.2, -0.15) is 0 Å². The molecule has 0 aliphatic carbocycles. The maximum atomic E-state index is 10.7. The van der Waals surface area contributed by atoms with E-state index in [4.69, 9.17) is 16.2 Å². The molecule has 0 saturated heterocycles. The molecule has 0 aromatic heterocycles. The number of nitrogens with zero attached hydrogens (tertiary/aromatic N) is 1. The van der Waals surface area contributed by atoms with Gasteiger partial charge in [0.15, 0.2) is 0 Å². The molecular formula is C6H12Er2N4O2. The first kappa shape index (κ1) is 15.2. The molecule has 0 aromatic rings. The van der Waals surface area contributed by atoms with Crippen molar-refractivity contribution in [3.8, 4) is 0 Å². The van der Waals surface area contributed by atoms with Crippen molar-refractivity contribution >= 4 is 11.9 Å². The van der Waals surface area contributed by atoms with Crippen LogP contribution in [0.25, 0.3) is 0 Å². The summed E-state index contributed by atoms with van der Waals surface area (Å²) in [7, 11) is 0. The summed E-state index contributed by atoms with van der Waals surface area (Å²) in [5.41, 5.74) is 5.07. The van der Waals surface area contributed by atoms with Crippen molar-refractivity contribution in [3.05, 3.63) is 0 Å². The summed E-state index contributed by atoms with van der Waals surface area (Å²) in [5.74, 6) is -0.955. The van der Waals surface area contributed by atoms with Gasteiger partial charge >= 0.3 is 133 Å². The van der Waals surface area contributed by atoms with Gasteiger partial charge < -0.3 is 0 Å². The van der Waals surface area contributed by atoms with E-state index >= 15 is 0 Å². The SMILES string of the molecule is N=C(N)NCCC[C@@H](C(=O)O)[N]([Er])[Er]. The van der Waals surface area contributed by atoms with Crippen LogP contribution in [0.3, 0.4) is 0 Å². The molecule has 0 spiro atoms. The zero-order chi connectivity index (χ0) is 11.1. The van der Waals surface area contributed by atoms with Crippen LogP contribution in [0.5, 0.6) is 0 Å². The quantitative estimate of drug-likeness (QED) is 0.209. The van der Waals surface area contributed by atoms with Crippen molar-refractivity contribution in [1.29, 1.82) is 5.41 Å². The summed E-state index contributed by atoms with van der Waals surface area (Å²) in [6, 6.07) is -0.543. The second-order valence-electron chi connectivity index (χ2n) is 2.52. The van der Waals surface area contributed by atoms with Gasteiger partial charge in [-0.05, 0) is 0 Å². The number of carbonyl (C=O) groups is 1. The van der Waals surface area contributed by atoms with E-state index in [1.165, 1.54) is -2.01 Å². The van der Waals surface area contributed by atoms with Gasteiger partial charge in [-0.1, -0.05) is 0 Å². The summed E-state index contributed by atoms with van der Waals surface area (Å²) in [4.78, 5) is 10.7. The second kappa shape index (κ2) is 8.36. The third kappa shape index (κ3) is 7.48. The van der Waals surface area contributed by atoms with Gasteiger partial charge in [0, 0.05) is 0 Å². The Bertz CT molecular complexity index is 212. The number of hydrogen-bond donors (Lipinski definition) is 4. The van der Waals surface area contributed by atoms with Gasteiger partial charge in [0.1, 0.15) is 0 Å². The maximum absolute atomic E-state index is 10.7. The summed E-state index contributed by atoms with van der Waals surface area (Å²) in [6.07, 6.45) is 1.15. The summed E-state index contributed by atoms with van der Waals surface area (Å²) in [6.45, 7) is 0.516. The topological polar surface area (TPSA) is 102 Å². The summed E-state index contributed by atoms with van der Waals surface area (Å²) < 4.78 is 1.50. The third-order valence-electron chi connectivity index (χ3n) is 1.43. The van der Waals surface area contributed by atoms with E-state index < -0.39 is 12.0 Å². The van der Waals surface area contributed by atoms with Crippen molar-refractivity contribution in [1.82, 2.24) is 3.30 Å². The van der Waals surface area contributed by atoms with Crippen LogP contribution in [-0.4, -0.2) is 27.6 Å². The number of carboxylic acids is 1. The number of hydrogen-bond acceptors (Lipinski definition) is 3. The molecule has 14 heavy (non-hydrogen) atoms. The van der Waals surface area contributed by atoms with Crippen molar-refractivity contribution in [2.24, 2.45) is 5.73 Å². The zero-order valence-electron chi connectivity index (χ0n) is 7.16. The van der Waals surface area contributed by atoms with Crippen molar-refractivity contribution in [3.63, 3.8) is 0 Å². The predicted octanol–water partition coefficient (Wildman–Crippen LogP) is -1.07. The normalized spacial score (nSPS) is 12.6. The molecule has 0 aliphatic heterocycles. The van der Waals surface area contributed by atoms with Crippen LogP contribution in [-0.2, 0) is 4.79 Å². The van der Waals surface area contributed by atoms with Gasteiger partial charge in [-0.15, -0.1) is 0 Å². The fourth-order valence-electron chi connectivity index (χ4n) is 0.780. The number of rotatable bonds is 6. The number of carboxylic acid groups (broad SMARTS) is 1. The Morgan fingerprint density at radius 1 is 1.64 bits per heavy atom. The van der Waals surface area contributed by atoms with Crippen molar-refractivity contribution in [2.75, 3.05) is 6.54 Å². The number of guanidine groups is 1. The summed E-state index contributed by atoms with van der Waals surface area (Å²) in [5, 5.41) is 18.3. The van der Waals surface area contributed by atoms with Crippen LogP contribution in [0.1, 0.15) is 12.8 Å². The fraction of sp³-hybridized carbons (Fsp3) is 0.667. The van der Waals surface area contributed by atoms with E-state index in [-0.39, 0.29) is 5.96 Å². The Morgan fingerprint density at radius 3 is 2.57 bits per heavy atom. The average Bonchev–Trinajstić information content (AvgIpc) is 2.01. The van der Waals surface area contributed by atoms with Crippen LogP contribution < -0.4 is 11.1 Å². The van der Waals surface area contributed by atoms with Gasteiger partial charge in [0.25, 0.3) is 0 Å². The molecule has 0 fully saturated rings. The molecule has 6 nitrogen and oxygen atoms in total. The van der Waals surface area contributed by atoms with Gasteiger partial charge in [-0.25, -0.2) is 0 Å². The summed E-state index contributed by atoms with van der Waals surface area (Å²) >= 11 is 4.60. The van der Waals surface area contributed by atoms with Crippen molar-refractivity contribution < 1.29 is 81.4 Å². The molecule has 8 heteroatoms. The predicted molar refractivity (Wildman–Crippen MR) is 42.4 cm³/mol. The number of nitrogens with one attached hydrogen (secondary N) is 2. The molecule has 0 rings (SSSR count). The van der Waals surface area contributed by atoms with Crippen LogP contribution in [0.15, 0.2) is 0 Å². The van der Waals surface area contributed by atoms with E-state index in [2.05, 4.69) is 76.8 Å². The van der Waals surface area contributed by atoms with Gasteiger partial charge in [0.05, 0.1) is 0 Å². The Labute approximate surface area is 131 Å². The van der Waals surface area contributed by atoms with Crippen LogP contribution in [0, 0.1) is 76.9 Å². The van der Waals surface area contributed by atoms with E-state index in [0.717, 1.165) is 0 Å². The Morgan fingerprint density at radius 2 is 2.21 bits per heavy atom. The zero-order valence-corrected chi connectivity index (χ0v) is 10.9. The van der Waals surface area contributed by atoms with E-state index in [1.807, 2.05) is 0 Å². The Balaban J connectivity index is 3.73. The molecule has 1 atom stereocenters. The number of aliphatic carboxylic acids is 1. The molecule has 5 N–H and O–H groups in total. The Kier molecular flexibility index (Phi) is 9.07. The molecule has 0 saturated carbocycles. The molecule has 0 aliphatic rings. The molecule has 0 amide bonds. The Hall–Kier alpha value is 1.19. The number of nitrogens with two attached hydrogens (primary N) is 1. The van der Waals surface area contributed by atoms with E-state index in [0.29, 0.717) is 19.4 Å². The minimum absolute atomic E-state index is 0.0921. The van der Waals surface area contributed by atoms with Crippen molar-refractivity contribution in [2.45, 2.75) is 18.9 Å². The first-order valence-corrected chi connectivity index (χ1v) is 5.44. The standard InChI is InChI=1S/C6H12N4O2.2Er/c7-4(5(11)12)2-1-3-10-6(8)9;;/h4H,1-3H2,(H,11,12)(H4,8,9,10);;/t4-;;/m0../s1. The minimum atomic E-state index is -0.863. The first-order valence-electron chi connectivity index (χ1n) is 3.78. The monoisotopic (exact) mass is 504 g/mol. The molecule has 0 heterocycles. The van der Waals surface area contributed by atoms with Crippen LogP contribution >= 0.6 is 0 Å². The van der Waals surface area contributed by atoms with Gasteiger partial charge in [-0.3, -0.25) is 0 Å². The van der Waals surface area contributed by atoms with Crippen LogP contribution in [0.2, 0.25) is 0 Å². The fourth-order valence-corrected chi connectivity index (χ4v) is 1.67. The third-order valence-corrected chi connectivity index (χ3v) is 2.59. The van der Waals surface area contributed by atoms with Gasteiger partial charge in [0.2, 0.25) is 0 Å². The van der Waals surface area contributed by atoms with Crippen LogP contribution in [0.4, 0.5) is 0 Å². The van der Waals surface area contributed by atoms with E-state index in [9.17, 15) is 4.79 Å². The molecule has 0 bridgehead atoms. The molecule has 92 valence electrons. The average molecular weight is 507 g/mol. The van der Waals surface area contributed by atoms with E-state index in [1.54, 1.807) is 0 Å².